The molecule has 12 heavy (non-hydrogen) atoms. The van der Waals surface area contributed by atoms with Gasteiger partial charge in [-0.15, -0.1) is 0 Å². The summed E-state index contributed by atoms with van der Waals surface area (Å²) in [6.07, 6.45) is 2.17. The highest BCUT2D eigenvalue weighted by molar-refractivity contribution is 6.83. The molecule has 0 saturated heterocycles. The molecule has 7 heteroatoms. The van der Waals surface area contributed by atoms with Crippen LogP contribution in [0.25, 0.3) is 0 Å². The van der Waals surface area contributed by atoms with E-state index < -0.39 is 15.2 Å². The van der Waals surface area contributed by atoms with Gasteiger partial charge in [0.05, 0.1) is 0 Å². The maximum absolute atomic E-state index is 9.92. The first kappa shape index (κ1) is 12.0. The van der Waals surface area contributed by atoms with Crippen molar-refractivity contribution in [2.24, 2.45) is 0 Å². The van der Waals surface area contributed by atoms with Crippen LogP contribution in [0, 0.1) is 0 Å². The largest absolute Gasteiger partial charge is 0.387 e. The minimum atomic E-state index is -1.61. The van der Waals surface area contributed by atoms with Gasteiger partial charge in [-0.1, -0.05) is 46.4 Å². The van der Waals surface area contributed by atoms with Gasteiger partial charge < -0.3 is 4.74 Å². The van der Waals surface area contributed by atoms with Crippen molar-refractivity contribution in [1.29, 1.82) is 0 Å². The van der Waals surface area contributed by atoms with Crippen LogP contribution in [0.3, 0.4) is 0 Å². The number of esters is 2. The molecule has 0 bridgehead atoms. The molecule has 0 radical (unpaired) electrons. The van der Waals surface area contributed by atoms with E-state index in [0.717, 1.165) is 12.2 Å². The zero-order valence-corrected chi connectivity index (χ0v) is 8.42. The minimum absolute atomic E-state index is 0.579. The standard InChI is InChI=1S/C4H2O3.CCl4/c5-3-1-2-4(6)7-3;2-1(3,4)5/h1-2H;. The summed E-state index contributed by atoms with van der Waals surface area (Å²) in [7, 11) is 0. The average molecular weight is 252 g/mol. The number of alkyl halides is 4. The Kier molecular flexibility index (Phi) is 4.94. The Labute approximate surface area is 88.2 Å². The Morgan fingerprint density at radius 1 is 1.00 bits per heavy atom. The van der Waals surface area contributed by atoms with Gasteiger partial charge in [0.25, 0.3) is 3.25 Å². The molecule has 1 aliphatic rings. The first-order valence-corrected chi connectivity index (χ1v) is 3.99. The number of carbonyl (C=O) groups excluding carboxylic acids is 2. The van der Waals surface area contributed by atoms with Crippen molar-refractivity contribution < 1.29 is 14.3 Å². The second kappa shape index (κ2) is 4.92. The highest BCUT2D eigenvalue weighted by atomic mass is 35.6. The van der Waals surface area contributed by atoms with E-state index >= 15 is 0 Å². The summed E-state index contributed by atoms with van der Waals surface area (Å²) >= 11 is 19.3. The van der Waals surface area contributed by atoms with E-state index in [1.54, 1.807) is 0 Å². The number of carbonyl (C=O) groups is 2. The number of hydrogen-bond donors (Lipinski definition) is 0. The van der Waals surface area contributed by atoms with Crippen LogP contribution in [-0.4, -0.2) is 15.2 Å². The first-order chi connectivity index (χ1) is 5.29. The predicted molar refractivity (Wildman–Crippen MR) is 46.4 cm³/mol. The molecular formula is C5H2Cl4O3. The van der Waals surface area contributed by atoms with Crippen LogP contribution >= 0.6 is 46.4 Å². The minimum Gasteiger partial charge on any atom is -0.387 e. The van der Waals surface area contributed by atoms with E-state index in [9.17, 15) is 9.59 Å². The third-order valence-electron chi connectivity index (χ3n) is 0.557. The molecule has 0 unspecified atom stereocenters. The van der Waals surface area contributed by atoms with Gasteiger partial charge in [0, 0.05) is 12.2 Å². The normalized spacial score (nSPS) is 15.3. The van der Waals surface area contributed by atoms with Crippen molar-refractivity contribution >= 4 is 58.3 Å². The van der Waals surface area contributed by atoms with Crippen molar-refractivity contribution in [3.05, 3.63) is 12.2 Å². The van der Waals surface area contributed by atoms with Crippen LogP contribution in [0.1, 0.15) is 0 Å². The molecule has 1 rings (SSSR count). The predicted octanol–water partition coefficient (Wildman–Crippen LogP) is 2.18. The first-order valence-electron chi connectivity index (χ1n) is 2.48. The van der Waals surface area contributed by atoms with Crippen LogP contribution < -0.4 is 0 Å². The highest BCUT2D eigenvalue weighted by Crippen LogP contribution is 2.29. The third kappa shape index (κ3) is 10.0. The quantitative estimate of drug-likeness (QED) is 0.377. The van der Waals surface area contributed by atoms with Crippen molar-refractivity contribution in [3.63, 3.8) is 0 Å². The molecule has 3 nitrogen and oxygen atoms in total. The summed E-state index contributed by atoms with van der Waals surface area (Å²) < 4.78 is 2.36. The Balaban J connectivity index is 0.000000217. The molecule has 0 aromatic heterocycles. The Morgan fingerprint density at radius 3 is 1.33 bits per heavy atom. The topological polar surface area (TPSA) is 43.4 Å². The lowest BCUT2D eigenvalue weighted by Gasteiger charge is -1.91. The summed E-state index contributed by atoms with van der Waals surface area (Å²) in [5, 5.41) is 0. The molecule has 0 aliphatic carbocycles. The van der Waals surface area contributed by atoms with E-state index in [0.29, 0.717) is 0 Å². The van der Waals surface area contributed by atoms with Crippen LogP contribution in [0.4, 0.5) is 0 Å². The summed E-state index contributed by atoms with van der Waals surface area (Å²) in [6.45, 7) is 0. The van der Waals surface area contributed by atoms with E-state index in [2.05, 4.69) is 4.74 Å². The van der Waals surface area contributed by atoms with E-state index in [1.165, 1.54) is 0 Å². The lowest BCUT2D eigenvalue weighted by Crippen LogP contribution is -1.96. The fourth-order valence-corrected chi connectivity index (χ4v) is 0.303. The number of rotatable bonds is 0. The summed E-state index contributed by atoms with van der Waals surface area (Å²) in [5.41, 5.74) is 0. The zero-order chi connectivity index (χ0) is 9.78. The summed E-state index contributed by atoms with van der Waals surface area (Å²) in [4.78, 5) is 19.8. The average Bonchev–Trinajstić information content (AvgIpc) is 2.09. The molecular weight excluding hydrogens is 250 g/mol. The fourth-order valence-electron chi connectivity index (χ4n) is 0.303. The molecule has 0 N–H and O–H groups in total. The van der Waals surface area contributed by atoms with Gasteiger partial charge >= 0.3 is 11.9 Å². The molecule has 0 fully saturated rings. The second-order valence-corrected chi connectivity index (χ2v) is 4.93. The van der Waals surface area contributed by atoms with Gasteiger partial charge in [0.2, 0.25) is 0 Å². The van der Waals surface area contributed by atoms with Crippen LogP contribution in [0.5, 0.6) is 0 Å². The maximum Gasteiger partial charge on any atom is 0.338 e. The molecule has 0 amide bonds. The van der Waals surface area contributed by atoms with Gasteiger partial charge in [0.1, 0.15) is 0 Å². The van der Waals surface area contributed by atoms with Crippen molar-refractivity contribution in [3.8, 4) is 0 Å². The monoisotopic (exact) mass is 250 g/mol. The third-order valence-corrected chi connectivity index (χ3v) is 0.557. The second-order valence-electron chi connectivity index (χ2n) is 1.50. The fraction of sp³-hybridized carbons (Fsp3) is 0.200. The number of ether oxygens (including phenoxy) is 1. The van der Waals surface area contributed by atoms with Crippen molar-refractivity contribution in [2.75, 3.05) is 0 Å². The smallest absolute Gasteiger partial charge is 0.338 e. The van der Waals surface area contributed by atoms with E-state index in [1.807, 2.05) is 0 Å². The number of cyclic esters (lactones) is 2. The Morgan fingerprint density at radius 2 is 1.25 bits per heavy atom. The molecule has 0 spiro atoms. The molecule has 0 atom stereocenters. The van der Waals surface area contributed by atoms with Crippen molar-refractivity contribution in [1.82, 2.24) is 0 Å². The lowest BCUT2D eigenvalue weighted by molar-refractivity contribution is -0.150. The van der Waals surface area contributed by atoms with Crippen molar-refractivity contribution in [2.45, 2.75) is 3.25 Å². The van der Waals surface area contributed by atoms with E-state index in [4.69, 9.17) is 46.4 Å². The SMILES string of the molecule is ClC(Cl)(Cl)Cl.O=C1C=CC(=O)O1. The zero-order valence-electron chi connectivity index (χ0n) is 5.39. The number of hydrogen-bond acceptors (Lipinski definition) is 3. The molecule has 0 aromatic rings. The Hall–Kier alpha value is 0.0400. The lowest BCUT2D eigenvalue weighted by atomic mass is 10.6. The Bertz CT molecular complexity index is 195. The van der Waals surface area contributed by atoms with Gasteiger partial charge in [-0.2, -0.15) is 0 Å². The van der Waals surface area contributed by atoms with Gasteiger partial charge in [-0.05, 0) is 0 Å². The van der Waals surface area contributed by atoms with E-state index in [-0.39, 0.29) is 0 Å². The highest BCUT2D eigenvalue weighted by Gasteiger charge is 2.11. The summed E-state index contributed by atoms with van der Waals surface area (Å²) in [6, 6.07) is 0. The van der Waals surface area contributed by atoms with Gasteiger partial charge in [-0.3, -0.25) is 0 Å². The molecule has 0 saturated carbocycles. The van der Waals surface area contributed by atoms with Gasteiger partial charge in [0.15, 0.2) is 0 Å². The molecule has 1 aliphatic heterocycles. The molecule has 1 heterocycles. The van der Waals surface area contributed by atoms with Crippen LogP contribution in [-0.2, 0) is 14.3 Å². The molecule has 0 aromatic carbocycles. The maximum atomic E-state index is 9.92. The summed E-state index contributed by atoms with van der Waals surface area (Å²) in [5.74, 6) is -1.16. The van der Waals surface area contributed by atoms with Gasteiger partial charge in [-0.25, -0.2) is 9.59 Å². The van der Waals surface area contributed by atoms with Crippen LogP contribution in [0.15, 0.2) is 12.2 Å². The number of halogens is 4. The van der Waals surface area contributed by atoms with Crippen LogP contribution in [0.2, 0.25) is 0 Å². The molecule has 68 valence electrons.